The lowest BCUT2D eigenvalue weighted by molar-refractivity contribution is 0.122. The Morgan fingerprint density at radius 3 is 2.45 bits per heavy atom. The molecule has 1 fully saturated rings. The number of anilines is 2. The number of halogens is 1. The van der Waals surface area contributed by atoms with E-state index in [4.69, 9.17) is 9.72 Å². The highest BCUT2D eigenvalue weighted by atomic mass is 79.9. The molecule has 6 heteroatoms. The first-order chi connectivity index (χ1) is 9.43. The summed E-state index contributed by atoms with van der Waals surface area (Å²) in [4.78, 5) is 11.6. The summed E-state index contributed by atoms with van der Waals surface area (Å²) in [7, 11) is 0. The lowest BCUT2D eigenvalue weighted by atomic mass is 9.92. The summed E-state index contributed by atoms with van der Waals surface area (Å²) >= 11 is 3.65. The van der Waals surface area contributed by atoms with Gasteiger partial charge in [0.25, 0.3) is 0 Å². The maximum atomic E-state index is 5.40. The number of hydrogen-bond acceptors (Lipinski definition) is 5. The molecule has 0 saturated carbocycles. The standard InChI is InChI=1S/C14H23BrN4O/c1-5-16-12-10(15)11(14(2,3)4)17-13(18-12)19-6-8-20-9-7-19/h5-9H2,1-4H3,(H,16,17,18). The second kappa shape index (κ2) is 6.26. The van der Waals surface area contributed by atoms with Gasteiger partial charge in [-0.1, -0.05) is 20.8 Å². The summed E-state index contributed by atoms with van der Waals surface area (Å²) in [6, 6.07) is 0. The first-order valence-electron chi connectivity index (χ1n) is 7.08. The number of rotatable bonds is 3. The van der Waals surface area contributed by atoms with E-state index in [1.165, 1.54) is 0 Å². The summed E-state index contributed by atoms with van der Waals surface area (Å²) < 4.78 is 6.36. The van der Waals surface area contributed by atoms with Crippen LogP contribution in [0.4, 0.5) is 11.8 Å². The highest BCUT2D eigenvalue weighted by Gasteiger charge is 2.25. The minimum Gasteiger partial charge on any atom is -0.378 e. The predicted molar refractivity (Wildman–Crippen MR) is 85.6 cm³/mol. The summed E-state index contributed by atoms with van der Waals surface area (Å²) in [6.07, 6.45) is 0. The molecule has 0 amide bonds. The van der Waals surface area contributed by atoms with Crippen LogP contribution in [0.2, 0.25) is 0 Å². The van der Waals surface area contributed by atoms with E-state index in [-0.39, 0.29) is 5.41 Å². The van der Waals surface area contributed by atoms with Crippen molar-refractivity contribution in [2.75, 3.05) is 43.1 Å². The van der Waals surface area contributed by atoms with Gasteiger partial charge in [0, 0.05) is 25.0 Å². The lowest BCUT2D eigenvalue weighted by Gasteiger charge is -2.29. The number of nitrogens with zero attached hydrogens (tertiary/aromatic N) is 3. The zero-order chi connectivity index (χ0) is 14.8. The van der Waals surface area contributed by atoms with Crippen LogP contribution in [-0.2, 0) is 10.2 Å². The van der Waals surface area contributed by atoms with Crippen molar-refractivity contribution in [3.63, 3.8) is 0 Å². The highest BCUT2D eigenvalue weighted by Crippen LogP contribution is 2.34. The van der Waals surface area contributed by atoms with Gasteiger partial charge in [-0.05, 0) is 22.9 Å². The van der Waals surface area contributed by atoms with Crippen LogP contribution in [0.3, 0.4) is 0 Å². The fourth-order valence-electron chi connectivity index (χ4n) is 2.12. The van der Waals surface area contributed by atoms with Crippen LogP contribution < -0.4 is 10.2 Å². The molecule has 0 spiro atoms. The zero-order valence-corrected chi connectivity index (χ0v) is 14.2. The predicted octanol–water partition coefficient (Wildman–Crippen LogP) is 2.81. The van der Waals surface area contributed by atoms with E-state index in [9.17, 15) is 0 Å². The highest BCUT2D eigenvalue weighted by molar-refractivity contribution is 9.10. The Kier molecular flexibility index (Phi) is 4.86. The minimum atomic E-state index is -0.0347. The second-order valence-electron chi connectivity index (χ2n) is 5.91. The van der Waals surface area contributed by atoms with Gasteiger partial charge in [-0.25, -0.2) is 4.98 Å². The van der Waals surface area contributed by atoms with E-state index in [0.29, 0.717) is 0 Å². The van der Waals surface area contributed by atoms with Crippen LogP contribution in [0.1, 0.15) is 33.4 Å². The van der Waals surface area contributed by atoms with Gasteiger partial charge in [-0.15, -0.1) is 0 Å². The third-order valence-corrected chi connectivity index (χ3v) is 3.94. The fraction of sp³-hybridized carbons (Fsp3) is 0.714. The average molecular weight is 343 g/mol. The number of aromatic nitrogens is 2. The van der Waals surface area contributed by atoms with Crippen molar-refractivity contribution in [2.24, 2.45) is 0 Å². The molecule has 20 heavy (non-hydrogen) atoms. The molecule has 112 valence electrons. The Bertz CT molecular complexity index is 467. The number of morpholine rings is 1. The van der Waals surface area contributed by atoms with Gasteiger partial charge in [-0.2, -0.15) is 4.98 Å². The molecule has 0 unspecified atom stereocenters. The zero-order valence-electron chi connectivity index (χ0n) is 12.7. The van der Waals surface area contributed by atoms with Gasteiger partial charge in [0.1, 0.15) is 5.82 Å². The van der Waals surface area contributed by atoms with Crippen LogP contribution in [0.25, 0.3) is 0 Å². The molecular weight excluding hydrogens is 320 g/mol. The number of ether oxygens (including phenoxy) is 1. The monoisotopic (exact) mass is 342 g/mol. The normalized spacial score (nSPS) is 16.4. The third kappa shape index (κ3) is 3.41. The Labute approximate surface area is 129 Å². The van der Waals surface area contributed by atoms with E-state index >= 15 is 0 Å². The minimum absolute atomic E-state index is 0.0347. The maximum absolute atomic E-state index is 5.40. The van der Waals surface area contributed by atoms with Gasteiger partial charge in [-0.3, -0.25) is 0 Å². The maximum Gasteiger partial charge on any atom is 0.227 e. The van der Waals surface area contributed by atoms with E-state index in [2.05, 4.69) is 58.8 Å². The van der Waals surface area contributed by atoms with E-state index in [1.807, 2.05) is 0 Å². The average Bonchev–Trinajstić information content (AvgIpc) is 2.41. The molecule has 2 heterocycles. The molecular formula is C14H23BrN4O. The Morgan fingerprint density at radius 2 is 1.90 bits per heavy atom. The molecule has 1 N–H and O–H groups in total. The first-order valence-corrected chi connectivity index (χ1v) is 7.87. The van der Waals surface area contributed by atoms with Crippen molar-refractivity contribution < 1.29 is 4.74 Å². The van der Waals surface area contributed by atoms with Gasteiger partial charge in [0.2, 0.25) is 5.95 Å². The SMILES string of the molecule is CCNc1nc(N2CCOCC2)nc(C(C)(C)C)c1Br. The van der Waals surface area contributed by atoms with Crippen LogP contribution in [0, 0.1) is 0 Å². The molecule has 0 aromatic carbocycles. The van der Waals surface area contributed by atoms with E-state index in [1.54, 1.807) is 0 Å². The van der Waals surface area contributed by atoms with Gasteiger partial charge in [0.15, 0.2) is 0 Å². The van der Waals surface area contributed by atoms with Crippen molar-refractivity contribution in [1.29, 1.82) is 0 Å². The van der Waals surface area contributed by atoms with E-state index < -0.39 is 0 Å². The van der Waals surface area contributed by atoms with Gasteiger partial charge in [0.05, 0.1) is 23.4 Å². The topological polar surface area (TPSA) is 50.3 Å². The summed E-state index contributed by atoms with van der Waals surface area (Å²) in [6.45, 7) is 12.6. The van der Waals surface area contributed by atoms with E-state index in [0.717, 1.165) is 54.8 Å². The molecule has 1 aliphatic heterocycles. The summed E-state index contributed by atoms with van der Waals surface area (Å²) in [5, 5.41) is 3.31. The summed E-state index contributed by atoms with van der Waals surface area (Å²) in [5.41, 5.74) is 0.998. The molecule has 5 nitrogen and oxygen atoms in total. The third-order valence-electron chi connectivity index (χ3n) is 3.19. The smallest absolute Gasteiger partial charge is 0.227 e. The van der Waals surface area contributed by atoms with Crippen molar-refractivity contribution in [3.8, 4) is 0 Å². The molecule has 2 rings (SSSR count). The molecule has 0 radical (unpaired) electrons. The Hall–Kier alpha value is -0.880. The fourth-order valence-corrected chi connectivity index (χ4v) is 3.03. The van der Waals surface area contributed by atoms with Crippen molar-refractivity contribution in [1.82, 2.24) is 9.97 Å². The largest absolute Gasteiger partial charge is 0.378 e. The Balaban J connectivity index is 2.43. The number of nitrogens with one attached hydrogen (secondary N) is 1. The second-order valence-corrected chi connectivity index (χ2v) is 6.71. The quantitative estimate of drug-likeness (QED) is 0.915. The van der Waals surface area contributed by atoms with Crippen LogP contribution in [0.15, 0.2) is 4.47 Å². The van der Waals surface area contributed by atoms with Gasteiger partial charge < -0.3 is 15.0 Å². The van der Waals surface area contributed by atoms with Crippen molar-refractivity contribution in [3.05, 3.63) is 10.2 Å². The first kappa shape index (κ1) is 15.5. The molecule has 1 aromatic heterocycles. The lowest BCUT2D eigenvalue weighted by Crippen LogP contribution is -2.38. The molecule has 1 saturated heterocycles. The molecule has 1 aromatic rings. The van der Waals surface area contributed by atoms with Crippen molar-refractivity contribution >= 4 is 27.7 Å². The Morgan fingerprint density at radius 1 is 1.25 bits per heavy atom. The molecule has 0 aliphatic carbocycles. The summed E-state index contributed by atoms with van der Waals surface area (Å²) in [5.74, 6) is 1.66. The van der Waals surface area contributed by atoms with Crippen LogP contribution in [-0.4, -0.2) is 42.8 Å². The number of hydrogen-bond donors (Lipinski definition) is 1. The molecule has 0 atom stereocenters. The van der Waals surface area contributed by atoms with Crippen LogP contribution in [0.5, 0.6) is 0 Å². The molecule has 1 aliphatic rings. The molecule has 0 bridgehead atoms. The van der Waals surface area contributed by atoms with Gasteiger partial charge >= 0.3 is 0 Å². The van der Waals surface area contributed by atoms with Crippen molar-refractivity contribution in [2.45, 2.75) is 33.1 Å². The van der Waals surface area contributed by atoms with Crippen LogP contribution >= 0.6 is 15.9 Å².